The summed E-state index contributed by atoms with van der Waals surface area (Å²) in [6.07, 6.45) is 1.92. The summed E-state index contributed by atoms with van der Waals surface area (Å²) < 4.78 is 28.4. The van der Waals surface area contributed by atoms with Gasteiger partial charge in [0.15, 0.2) is 0 Å². The van der Waals surface area contributed by atoms with Gasteiger partial charge in [0.05, 0.1) is 8.68 Å². The predicted octanol–water partition coefficient (Wildman–Crippen LogP) is 4.39. The topological polar surface area (TPSA) is 66.5 Å². The van der Waals surface area contributed by atoms with Crippen LogP contribution in [0.5, 0.6) is 0 Å². The van der Waals surface area contributed by atoms with Crippen LogP contribution >= 0.6 is 27.3 Å². The molecule has 0 unspecified atom stereocenters. The monoisotopic (exact) mass is 498 g/mol. The van der Waals surface area contributed by atoms with Crippen LogP contribution in [0.25, 0.3) is 0 Å². The minimum atomic E-state index is -3.51. The maximum atomic E-state index is 12.9. The van der Waals surface area contributed by atoms with Gasteiger partial charge in [-0.25, -0.2) is 8.42 Å². The zero-order valence-electron chi connectivity index (χ0n) is 16.7. The van der Waals surface area contributed by atoms with Crippen molar-refractivity contribution in [3.8, 4) is 0 Å². The Bertz CT molecular complexity index is 931. The molecule has 0 bridgehead atoms. The van der Waals surface area contributed by atoms with E-state index in [0.29, 0.717) is 43.3 Å². The lowest BCUT2D eigenvalue weighted by Gasteiger charge is -2.30. The third kappa shape index (κ3) is 5.69. The van der Waals surface area contributed by atoms with Gasteiger partial charge in [-0.3, -0.25) is 4.79 Å². The van der Waals surface area contributed by atoms with Gasteiger partial charge in [0.1, 0.15) is 0 Å². The molecule has 0 atom stereocenters. The van der Waals surface area contributed by atoms with E-state index in [9.17, 15) is 13.2 Å². The van der Waals surface area contributed by atoms with Gasteiger partial charge < -0.3 is 5.32 Å². The van der Waals surface area contributed by atoms with Crippen LogP contribution in [0.4, 0.5) is 0 Å². The van der Waals surface area contributed by atoms with Crippen LogP contribution in [0, 0.1) is 5.92 Å². The summed E-state index contributed by atoms with van der Waals surface area (Å²) in [5, 5.41) is 3.00. The molecule has 2 heterocycles. The van der Waals surface area contributed by atoms with Crippen molar-refractivity contribution in [1.29, 1.82) is 0 Å². The number of piperidine rings is 1. The SMILES string of the molecule is CC(C)c1ccc(S(=O)(=O)N2CCC(C(=O)NCCc3ccc(Br)s3)CC2)cc1. The minimum absolute atomic E-state index is 0.0268. The molecule has 5 nitrogen and oxygen atoms in total. The lowest BCUT2D eigenvalue weighted by Crippen LogP contribution is -2.43. The number of halogens is 1. The normalized spacial score (nSPS) is 16.3. The van der Waals surface area contributed by atoms with E-state index >= 15 is 0 Å². The molecule has 1 aromatic heterocycles. The molecular formula is C21H27BrN2O3S2. The number of nitrogens with zero attached hydrogens (tertiary/aromatic N) is 1. The molecule has 158 valence electrons. The van der Waals surface area contributed by atoms with Gasteiger partial charge in [-0.1, -0.05) is 26.0 Å². The van der Waals surface area contributed by atoms with Gasteiger partial charge >= 0.3 is 0 Å². The van der Waals surface area contributed by atoms with Gasteiger partial charge in [0.2, 0.25) is 15.9 Å². The number of thiophene rings is 1. The number of carbonyl (C=O) groups is 1. The third-order valence-electron chi connectivity index (χ3n) is 5.31. The largest absolute Gasteiger partial charge is 0.355 e. The number of benzene rings is 1. The lowest BCUT2D eigenvalue weighted by atomic mass is 9.97. The maximum absolute atomic E-state index is 12.9. The Morgan fingerprint density at radius 3 is 2.38 bits per heavy atom. The quantitative estimate of drug-likeness (QED) is 0.615. The van der Waals surface area contributed by atoms with E-state index in [0.717, 1.165) is 15.8 Å². The molecule has 0 aliphatic carbocycles. The molecule has 8 heteroatoms. The summed E-state index contributed by atoms with van der Waals surface area (Å²) in [7, 11) is -3.51. The van der Waals surface area contributed by atoms with Crippen molar-refractivity contribution in [2.75, 3.05) is 19.6 Å². The second-order valence-corrected chi connectivity index (χ2v) is 12.1. The van der Waals surface area contributed by atoms with E-state index in [1.165, 1.54) is 9.18 Å². The second-order valence-electron chi connectivity index (χ2n) is 7.65. The standard InChI is InChI=1S/C21H27BrN2O3S2/c1-15(2)16-3-6-19(7-4-16)29(26,27)24-13-10-17(11-14-24)21(25)23-12-9-18-5-8-20(22)28-18/h3-8,15,17H,9-14H2,1-2H3,(H,23,25). The Hall–Kier alpha value is -1.22. The Balaban J connectivity index is 1.50. The molecule has 3 rings (SSSR count). The van der Waals surface area contributed by atoms with Crippen molar-refractivity contribution in [3.63, 3.8) is 0 Å². The Labute approximate surface area is 185 Å². The number of hydrogen-bond acceptors (Lipinski definition) is 4. The Morgan fingerprint density at radius 2 is 1.83 bits per heavy atom. The molecule has 1 amide bonds. The van der Waals surface area contributed by atoms with Gasteiger partial charge in [-0.15, -0.1) is 11.3 Å². The molecular weight excluding hydrogens is 472 g/mol. The number of carbonyl (C=O) groups excluding carboxylic acids is 1. The smallest absolute Gasteiger partial charge is 0.243 e. The number of sulfonamides is 1. The highest BCUT2D eigenvalue weighted by atomic mass is 79.9. The van der Waals surface area contributed by atoms with Gasteiger partial charge in [0.25, 0.3) is 0 Å². The molecule has 29 heavy (non-hydrogen) atoms. The fourth-order valence-corrected chi connectivity index (χ4v) is 6.42. The Kier molecular flexibility index (Phi) is 7.53. The molecule has 0 spiro atoms. The summed E-state index contributed by atoms with van der Waals surface area (Å²) in [4.78, 5) is 14.0. The molecule has 1 aliphatic rings. The van der Waals surface area contributed by atoms with Crippen molar-refractivity contribution in [3.05, 3.63) is 50.6 Å². The fourth-order valence-electron chi connectivity index (χ4n) is 3.47. The highest BCUT2D eigenvalue weighted by Crippen LogP contribution is 2.26. The summed E-state index contributed by atoms with van der Waals surface area (Å²) in [5.74, 6) is 0.265. The highest BCUT2D eigenvalue weighted by molar-refractivity contribution is 9.11. The zero-order chi connectivity index (χ0) is 21.0. The van der Waals surface area contributed by atoms with Gasteiger partial charge in [-0.05, 0) is 70.9 Å². The fraction of sp³-hybridized carbons (Fsp3) is 0.476. The van der Waals surface area contributed by atoms with Crippen molar-refractivity contribution in [2.45, 2.75) is 43.9 Å². The third-order valence-corrected chi connectivity index (χ3v) is 8.91. The minimum Gasteiger partial charge on any atom is -0.355 e. The summed E-state index contributed by atoms with van der Waals surface area (Å²) in [6.45, 7) is 5.53. The number of nitrogens with one attached hydrogen (secondary N) is 1. The molecule has 1 fully saturated rings. The number of amides is 1. The van der Waals surface area contributed by atoms with Crippen molar-refractivity contribution >= 4 is 43.2 Å². The van der Waals surface area contributed by atoms with Gasteiger partial charge in [0, 0.05) is 30.4 Å². The average molecular weight is 499 g/mol. The van der Waals surface area contributed by atoms with Crippen molar-refractivity contribution in [1.82, 2.24) is 9.62 Å². The van der Waals surface area contributed by atoms with E-state index in [2.05, 4.69) is 41.2 Å². The summed E-state index contributed by atoms with van der Waals surface area (Å²) in [6, 6.07) is 11.2. The van der Waals surface area contributed by atoms with Crippen LogP contribution in [0.2, 0.25) is 0 Å². The predicted molar refractivity (Wildman–Crippen MR) is 121 cm³/mol. The molecule has 2 aromatic rings. The van der Waals surface area contributed by atoms with E-state index in [1.54, 1.807) is 23.5 Å². The van der Waals surface area contributed by atoms with Crippen LogP contribution in [0.15, 0.2) is 45.1 Å². The molecule has 0 saturated carbocycles. The second kappa shape index (κ2) is 9.73. The van der Waals surface area contributed by atoms with E-state index in [-0.39, 0.29) is 11.8 Å². The lowest BCUT2D eigenvalue weighted by molar-refractivity contribution is -0.126. The first-order chi connectivity index (χ1) is 13.8. The van der Waals surface area contributed by atoms with Crippen LogP contribution in [-0.4, -0.2) is 38.3 Å². The maximum Gasteiger partial charge on any atom is 0.243 e. The van der Waals surface area contributed by atoms with E-state index < -0.39 is 10.0 Å². The van der Waals surface area contributed by atoms with Crippen LogP contribution in [0.3, 0.4) is 0 Å². The van der Waals surface area contributed by atoms with Crippen molar-refractivity contribution < 1.29 is 13.2 Å². The van der Waals surface area contributed by atoms with Crippen molar-refractivity contribution in [2.24, 2.45) is 5.92 Å². The molecule has 0 radical (unpaired) electrons. The summed E-state index contributed by atoms with van der Waals surface area (Å²) in [5.41, 5.74) is 1.12. The first-order valence-corrected chi connectivity index (χ1v) is 12.9. The summed E-state index contributed by atoms with van der Waals surface area (Å²) >= 11 is 5.11. The molecule has 1 N–H and O–H groups in total. The average Bonchev–Trinajstić information content (AvgIpc) is 3.13. The Morgan fingerprint density at radius 1 is 1.17 bits per heavy atom. The van der Waals surface area contributed by atoms with E-state index in [4.69, 9.17) is 0 Å². The van der Waals surface area contributed by atoms with Gasteiger partial charge in [-0.2, -0.15) is 4.31 Å². The zero-order valence-corrected chi connectivity index (χ0v) is 19.9. The van der Waals surface area contributed by atoms with Crippen LogP contribution in [-0.2, 0) is 21.2 Å². The number of hydrogen-bond donors (Lipinski definition) is 1. The number of rotatable bonds is 7. The van der Waals surface area contributed by atoms with E-state index in [1.807, 2.05) is 18.2 Å². The van der Waals surface area contributed by atoms with Crippen LogP contribution < -0.4 is 5.32 Å². The van der Waals surface area contributed by atoms with Crippen LogP contribution in [0.1, 0.15) is 43.0 Å². The molecule has 1 aliphatic heterocycles. The first kappa shape index (κ1) is 22.5. The highest BCUT2D eigenvalue weighted by Gasteiger charge is 2.32. The molecule has 1 aromatic carbocycles. The first-order valence-electron chi connectivity index (χ1n) is 9.89. The molecule has 1 saturated heterocycles.